The maximum atomic E-state index is 2.00. The third-order valence-electron chi connectivity index (χ3n) is 19.1. The molecule has 4 unspecified atom stereocenters. The van der Waals surface area contributed by atoms with Crippen LogP contribution in [-0.2, 0) is 0 Å². The minimum absolute atomic E-state index is 1.17. The molecule has 502 valence electrons. The van der Waals surface area contributed by atoms with Gasteiger partial charge in [-0.25, -0.2) is 0 Å². The first-order valence-corrected chi connectivity index (χ1v) is 40.9. The lowest BCUT2D eigenvalue weighted by atomic mass is 9.71. The summed E-state index contributed by atoms with van der Waals surface area (Å²) < 4.78 is 0. The maximum Gasteiger partial charge on any atom is -0.0323 e. The van der Waals surface area contributed by atoms with Gasteiger partial charge in [-0.3, -0.25) is 0 Å². The van der Waals surface area contributed by atoms with Crippen molar-refractivity contribution >= 4 is 0 Å². The van der Waals surface area contributed by atoms with Crippen molar-refractivity contribution in [1.82, 2.24) is 0 Å². The molecule has 0 aromatic carbocycles. The van der Waals surface area contributed by atoms with Gasteiger partial charge in [0.05, 0.1) is 0 Å². The molecule has 0 amide bonds. The van der Waals surface area contributed by atoms with Gasteiger partial charge in [0.15, 0.2) is 0 Å². The Labute approximate surface area is 528 Å². The van der Waals surface area contributed by atoms with Gasteiger partial charge in [0.2, 0.25) is 0 Å². The molecule has 13 fully saturated rings. The van der Waals surface area contributed by atoms with Crippen molar-refractivity contribution in [2.75, 3.05) is 0 Å². The van der Waals surface area contributed by atoms with Gasteiger partial charge < -0.3 is 0 Å². The smallest absolute Gasteiger partial charge is 0.0323 e. The molecule has 13 rings (SSSR count). The van der Waals surface area contributed by atoms with Crippen LogP contribution >= 0.6 is 0 Å². The molecule has 13 aliphatic rings. The Kier molecular flexibility index (Phi) is 89.6. The Hall–Kier alpha value is 0. The Morgan fingerprint density at radius 3 is 0.293 bits per heavy atom. The summed E-state index contributed by atoms with van der Waals surface area (Å²) in [4.78, 5) is 0. The van der Waals surface area contributed by atoms with Crippen LogP contribution in [-0.4, -0.2) is 0 Å². The highest BCUT2D eigenvalue weighted by Gasteiger charge is 2.59. The van der Waals surface area contributed by atoms with E-state index in [1.165, 1.54) is 336 Å². The lowest BCUT2D eigenvalue weighted by Crippen LogP contribution is -2.27. The first-order valence-electron chi connectivity index (χ1n) is 40.9. The SMILES string of the molecule is C1CC1.C1CC2CC1C1C3CCC(C3)C21.C1CC2CCC1C2.C1CCC1.C1CCCC1.C1CCCCC1.C1CCCCCC1.C1CCCCCCC1.C1CCCCCCCCCCC1.CC.CC.CC.CC.CC.CC.CC.CC.CC. The molecule has 0 saturated heterocycles. The van der Waals surface area contributed by atoms with Crippen LogP contribution in [0, 0.1) is 47.3 Å². The standard InChI is InChI=1S/C12H18.C12H24.C8H16.C7H12.C7H14.C6H12.C5H10.C4H8.C3H6.9C2H6/c1-2-8-5-7(1)11-9-3-4-10(6-9)12(8)11;1-2-4-6-8-10-12-11-9-7-5-3-1;1-2-4-6-8-7-5-3-1;1-2-7-4-3-6(1)5-7;1-2-4-6-7-5-3-1;1-2-4-6-5-3-1;1-2-4-5-3-1;1-2-4-3-1;1-2-3-1;9*1-2/h7-12H,1-6H2;1-12H2;1-8H2;6-7H,1-5H2;1-7H2;1-6H2;1-5H2;1-4H2;1-3H2;9*1-2H3. The molecule has 0 nitrogen and oxygen atoms in total. The first-order chi connectivity index (χ1) is 40.9. The largest absolute Gasteiger partial charge is 0.0683 e. The minimum atomic E-state index is 1.17. The number of hydrogen-bond donors (Lipinski definition) is 0. The van der Waals surface area contributed by atoms with E-state index < -0.39 is 0 Å². The van der Waals surface area contributed by atoms with Gasteiger partial charge in [0.1, 0.15) is 0 Å². The normalized spacial score (nSPS) is 27.6. The van der Waals surface area contributed by atoms with Gasteiger partial charge in [0, 0.05) is 0 Å². The summed E-state index contributed by atoms with van der Waals surface area (Å²) >= 11 is 0. The molecular formula is C82H174. The minimum Gasteiger partial charge on any atom is -0.0683 e. The predicted molar refractivity (Wildman–Crippen MR) is 389 cm³/mol. The second-order valence-electron chi connectivity index (χ2n) is 24.9. The van der Waals surface area contributed by atoms with Crippen molar-refractivity contribution < 1.29 is 0 Å². The Morgan fingerprint density at radius 2 is 0.220 bits per heavy atom. The zero-order valence-electron chi connectivity index (χ0n) is 62.2. The van der Waals surface area contributed by atoms with Crippen LogP contribution in [0.1, 0.15) is 484 Å². The molecule has 0 aromatic rings. The summed E-state index contributed by atoms with van der Waals surface area (Å²) in [6, 6.07) is 0. The van der Waals surface area contributed by atoms with Crippen molar-refractivity contribution in [3.63, 3.8) is 0 Å². The van der Waals surface area contributed by atoms with Gasteiger partial charge in [-0.15, -0.1) is 0 Å². The van der Waals surface area contributed by atoms with E-state index in [1.807, 2.05) is 125 Å². The summed E-state index contributed by atoms with van der Waals surface area (Å²) in [6.07, 6.45) is 85.0. The van der Waals surface area contributed by atoms with E-state index in [0.29, 0.717) is 0 Å². The molecule has 0 spiro atoms. The van der Waals surface area contributed by atoms with Crippen molar-refractivity contribution in [2.45, 2.75) is 484 Å². The van der Waals surface area contributed by atoms with E-state index in [4.69, 9.17) is 0 Å². The summed E-state index contributed by atoms with van der Waals surface area (Å²) in [5.41, 5.74) is 0. The van der Waals surface area contributed by atoms with Gasteiger partial charge in [-0.2, -0.15) is 0 Å². The molecule has 6 bridgehead atoms. The molecule has 13 saturated carbocycles. The molecule has 0 aliphatic heterocycles. The average Bonchev–Trinajstić information content (AvgIpc) is 3.53. The van der Waals surface area contributed by atoms with Gasteiger partial charge in [0.25, 0.3) is 0 Å². The van der Waals surface area contributed by atoms with Crippen LogP contribution in [0.4, 0.5) is 0 Å². The third-order valence-corrected chi connectivity index (χ3v) is 19.1. The first kappa shape index (κ1) is 90.7. The average molecular weight is 1160 g/mol. The van der Waals surface area contributed by atoms with Gasteiger partial charge >= 0.3 is 0 Å². The Morgan fingerprint density at radius 1 is 0.122 bits per heavy atom. The zero-order chi connectivity index (χ0) is 62.2. The number of fused-ring (bicyclic) bond motifs is 11. The van der Waals surface area contributed by atoms with E-state index in [-0.39, 0.29) is 0 Å². The summed E-state index contributed by atoms with van der Waals surface area (Å²) in [6.45, 7) is 36.0. The van der Waals surface area contributed by atoms with Crippen LogP contribution in [0.25, 0.3) is 0 Å². The van der Waals surface area contributed by atoms with E-state index in [9.17, 15) is 0 Å². The van der Waals surface area contributed by atoms with E-state index in [1.54, 1.807) is 70.6 Å². The molecule has 0 radical (unpaired) electrons. The molecule has 0 heteroatoms. The van der Waals surface area contributed by atoms with Crippen LogP contribution in [0.2, 0.25) is 0 Å². The Balaban J connectivity index is -0.000000267. The fraction of sp³-hybridized carbons (Fsp3) is 1.00. The number of rotatable bonds is 0. The van der Waals surface area contributed by atoms with Crippen molar-refractivity contribution in [2.24, 2.45) is 47.3 Å². The molecular weight excluding hydrogens is 985 g/mol. The second kappa shape index (κ2) is 81.0. The highest BCUT2D eigenvalue weighted by molar-refractivity contribution is 5.08. The highest BCUT2D eigenvalue weighted by atomic mass is 14.6. The van der Waals surface area contributed by atoms with E-state index in [2.05, 4.69) is 0 Å². The summed E-state index contributed by atoms with van der Waals surface area (Å²) in [5.74, 6) is 9.64. The maximum absolute atomic E-state index is 2.00. The molecule has 0 N–H and O–H groups in total. The van der Waals surface area contributed by atoms with Gasteiger partial charge in [-0.1, -0.05) is 439 Å². The lowest BCUT2D eigenvalue weighted by Gasteiger charge is -2.34. The molecule has 4 atom stereocenters. The zero-order valence-corrected chi connectivity index (χ0v) is 62.2. The molecule has 0 heterocycles. The second-order valence-corrected chi connectivity index (χ2v) is 24.9. The third kappa shape index (κ3) is 55.3. The number of hydrogen-bond acceptors (Lipinski definition) is 0. The Bertz CT molecular complexity index is 823. The quantitative estimate of drug-likeness (QED) is 0.168. The fourth-order valence-electron chi connectivity index (χ4n) is 14.7. The molecule has 82 heavy (non-hydrogen) atoms. The summed E-state index contributed by atoms with van der Waals surface area (Å²) in [5, 5.41) is 0. The topological polar surface area (TPSA) is 0 Å². The monoisotopic (exact) mass is 1160 g/mol. The lowest BCUT2D eigenvalue weighted by molar-refractivity contribution is 0.146. The van der Waals surface area contributed by atoms with E-state index >= 15 is 0 Å². The van der Waals surface area contributed by atoms with E-state index in [0.717, 1.165) is 0 Å². The van der Waals surface area contributed by atoms with Crippen LogP contribution < -0.4 is 0 Å². The van der Waals surface area contributed by atoms with Crippen molar-refractivity contribution in [3.05, 3.63) is 0 Å². The predicted octanol–water partition coefficient (Wildman–Crippen LogP) is 32.1. The van der Waals surface area contributed by atoms with Crippen LogP contribution in [0.5, 0.6) is 0 Å². The van der Waals surface area contributed by atoms with Crippen molar-refractivity contribution in [1.29, 1.82) is 0 Å². The highest BCUT2D eigenvalue weighted by Crippen LogP contribution is 2.67. The molecule has 0 aromatic heterocycles. The van der Waals surface area contributed by atoms with Crippen molar-refractivity contribution in [3.8, 4) is 0 Å². The summed E-state index contributed by atoms with van der Waals surface area (Å²) in [7, 11) is 0. The molecule has 13 aliphatic carbocycles. The van der Waals surface area contributed by atoms with Crippen LogP contribution in [0.3, 0.4) is 0 Å². The van der Waals surface area contributed by atoms with Gasteiger partial charge in [-0.05, 0) is 92.3 Å². The van der Waals surface area contributed by atoms with Crippen LogP contribution in [0.15, 0.2) is 0 Å². The fourth-order valence-corrected chi connectivity index (χ4v) is 14.7.